The number of para-hydroxylation sites is 1. The van der Waals surface area contributed by atoms with Crippen LogP contribution in [0.15, 0.2) is 54.6 Å². The molecule has 0 heterocycles. The topological polar surface area (TPSA) is 70.4 Å². The first-order chi connectivity index (χ1) is 12.5. The van der Waals surface area contributed by atoms with Crippen LogP contribution < -0.4 is 4.90 Å². The van der Waals surface area contributed by atoms with Crippen LogP contribution in [0.3, 0.4) is 0 Å². The van der Waals surface area contributed by atoms with Gasteiger partial charge in [0.2, 0.25) is 0 Å². The van der Waals surface area contributed by atoms with Gasteiger partial charge in [-0.1, -0.05) is 44.2 Å². The normalized spacial score (nSPS) is 10.2. The maximum Gasteiger partial charge on any atom is 0.338 e. The van der Waals surface area contributed by atoms with Gasteiger partial charge in [0.25, 0.3) is 5.91 Å². The Labute approximate surface area is 153 Å². The van der Waals surface area contributed by atoms with Gasteiger partial charge in [-0.2, -0.15) is 5.26 Å². The lowest BCUT2D eigenvalue weighted by molar-refractivity contribution is -0.121. The van der Waals surface area contributed by atoms with Gasteiger partial charge >= 0.3 is 5.97 Å². The first-order valence-electron chi connectivity index (χ1n) is 8.52. The Hall–Kier alpha value is -3.13. The minimum Gasteiger partial charge on any atom is -0.452 e. The van der Waals surface area contributed by atoms with Crippen molar-refractivity contribution in [3.63, 3.8) is 0 Å². The molecule has 1 amide bonds. The molecule has 0 aliphatic heterocycles. The Morgan fingerprint density at radius 2 is 1.73 bits per heavy atom. The highest BCUT2D eigenvalue weighted by atomic mass is 16.5. The molecule has 0 fully saturated rings. The summed E-state index contributed by atoms with van der Waals surface area (Å²) in [6.07, 6.45) is 0.200. The van der Waals surface area contributed by atoms with Gasteiger partial charge in [0.05, 0.1) is 18.1 Å². The fourth-order valence-electron chi connectivity index (χ4n) is 2.46. The van der Waals surface area contributed by atoms with E-state index in [4.69, 9.17) is 10.00 Å². The van der Waals surface area contributed by atoms with E-state index >= 15 is 0 Å². The van der Waals surface area contributed by atoms with Gasteiger partial charge in [0, 0.05) is 12.2 Å². The van der Waals surface area contributed by atoms with E-state index in [1.165, 1.54) is 4.90 Å². The predicted octanol–water partition coefficient (Wildman–Crippen LogP) is 3.91. The summed E-state index contributed by atoms with van der Waals surface area (Å²) >= 11 is 0. The molecule has 0 atom stereocenters. The van der Waals surface area contributed by atoms with Crippen molar-refractivity contribution in [2.75, 3.05) is 18.1 Å². The Morgan fingerprint density at radius 3 is 2.31 bits per heavy atom. The first-order valence-corrected chi connectivity index (χ1v) is 8.52. The van der Waals surface area contributed by atoms with E-state index in [0.717, 1.165) is 5.56 Å². The van der Waals surface area contributed by atoms with Gasteiger partial charge < -0.3 is 9.64 Å². The lowest BCUT2D eigenvalue weighted by Crippen LogP contribution is -2.35. The quantitative estimate of drug-likeness (QED) is 0.710. The number of esters is 1. The summed E-state index contributed by atoms with van der Waals surface area (Å²) in [4.78, 5) is 26.1. The number of carbonyl (C=O) groups excluding carboxylic acids is 2. The molecule has 0 N–H and O–H groups in total. The number of carbonyl (C=O) groups is 2. The average Bonchev–Trinajstić information content (AvgIpc) is 2.67. The van der Waals surface area contributed by atoms with E-state index in [2.05, 4.69) is 13.8 Å². The second kappa shape index (κ2) is 9.38. The van der Waals surface area contributed by atoms with Crippen LogP contribution in [0, 0.1) is 11.3 Å². The van der Waals surface area contributed by atoms with E-state index < -0.39 is 5.97 Å². The number of anilines is 1. The fourth-order valence-corrected chi connectivity index (χ4v) is 2.46. The van der Waals surface area contributed by atoms with Gasteiger partial charge in [-0.3, -0.25) is 4.79 Å². The van der Waals surface area contributed by atoms with Crippen LogP contribution in [-0.4, -0.2) is 25.0 Å². The fraction of sp³-hybridized carbons (Fsp3) is 0.286. The molecule has 0 aliphatic rings. The zero-order chi connectivity index (χ0) is 18.9. The van der Waals surface area contributed by atoms with Crippen molar-refractivity contribution in [3.05, 3.63) is 65.7 Å². The van der Waals surface area contributed by atoms with E-state index in [0.29, 0.717) is 17.2 Å². The number of ether oxygens (including phenoxy) is 1. The monoisotopic (exact) mass is 350 g/mol. The third-order valence-electron chi connectivity index (χ3n) is 3.96. The molecule has 0 unspecified atom stereocenters. The Kier molecular flexibility index (Phi) is 6.92. The molecule has 2 rings (SSSR count). The SMILES string of the molecule is CC(C)c1ccc(C(=O)OCC(=O)N(CCC#N)c2ccccc2)cc1. The second-order valence-corrected chi connectivity index (χ2v) is 6.14. The molecule has 5 nitrogen and oxygen atoms in total. The number of benzene rings is 2. The number of nitriles is 1. The first kappa shape index (κ1) is 19.2. The number of hydrogen-bond donors (Lipinski definition) is 0. The van der Waals surface area contributed by atoms with E-state index in [-0.39, 0.29) is 25.5 Å². The predicted molar refractivity (Wildman–Crippen MR) is 99.8 cm³/mol. The van der Waals surface area contributed by atoms with Crippen LogP contribution >= 0.6 is 0 Å². The molecule has 0 saturated heterocycles. The van der Waals surface area contributed by atoms with Gasteiger partial charge in [0.15, 0.2) is 6.61 Å². The highest BCUT2D eigenvalue weighted by molar-refractivity contribution is 5.97. The summed E-state index contributed by atoms with van der Waals surface area (Å²) in [5, 5.41) is 8.80. The summed E-state index contributed by atoms with van der Waals surface area (Å²) in [5.74, 6) is -0.526. The standard InChI is InChI=1S/C21H22N2O3/c1-16(2)17-9-11-18(12-10-17)21(25)26-15-20(24)23(14-6-13-22)19-7-4-3-5-8-19/h3-5,7-12,16H,6,14-15H2,1-2H3. The summed E-state index contributed by atoms with van der Waals surface area (Å²) in [5.41, 5.74) is 2.21. The van der Waals surface area contributed by atoms with Gasteiger partial charge in [-0.15, -0.1) is 0 Å². The molecule has 26 heavy (non-hydrogen) atoms. The van der Waals surface area contributed by atoms with Crippen molar-refractivity contribution in [2.24, 2.45) is 0 Å². The second-order valence-electron chi connectivity index (χ2n) is 6.14. The molecule has 0 saturated carbocycles. The molecule has 5 heteroatoms. The molecule has 0 aromatic heterocycles. The van der Waals surface area contributed by atoms with Crippen molar-refractivity contribution in [1.29, 1.82) is 5.26 Å². The van der Waals surface area contributed by atoms with Gasteiger partial charge in [-0.25, -0.2) is 4.79 Å². The van der Waals surface area contributed by atoms with Gasteiger partial charge in [0.1, 0.15) is 0 Å². The lowest BCUT2D eigenvalue weighted by atomic mass is 10.0. The molecular formula is C21H22N2O3. The molecule has 0 spiro atoms. The maximum atomic E-state index is 12.5. The van der Waals surface area contributed by atoms with Crippen LogP contribution in [-0.2, 0) is 9.53 Å². The Morgan fingerprint density at radius 1 is 1.08 bits per heavy atom. The van der Waals surface area contributed by atoms with Crippen LogP contribution in [0.2, 0.25) is 0 Å². The van der Waals surface area contributed by atoms with Gasteiger partial charge in [-0.05, 0) is 35.7 Å². The minimum atomic E-state index is -0.540. The molecule has 134 valence electrons. The highest BCUT2D eigenvalue weighted by Crippen LogP contribution is 2.16. The molecule has 0 bridgehead atoms. The number of hydrogen-bond acceptors (Lipinski definition) is 4. The summed E-state index contributed by atoms with van der Waals surface area (Å²) in [7, 11) is 0. The van der Waals surface area contributed by atoms with E-state index in [1.807, 2.05) is 36.4 Å². The third-order valence-corrected chi connectivity index (χ3v) is 3.96. The van der Waals surface area contributed by atoms with Crippen LogP contribution in [0.1, 0.15) is 42.1 Å². The zero-order valence-corrected chi connectivity index (χ0v) is 15.0. The van der Waals surface area contributed by atoms with Crippen LogP contribution in [0.5, 0.6) is 0 Å². The largest absolute Gasteiger partial charge is 0.452 e. The smallest absolute Gasteiger partial charge is 0.338 e. The van der Waals surface area contributed by atoms with Crippen LogP contribution in [0.4, 0.5) is 5.69 Å². The molecule has 0 radical (unpaired) electrons. The Balaban J connectivity index is 2.00. The number of rotatable bonds is 7. The minimum absolute atomic E-state index is 0.200. The van der Waals surface area contributed by atoms with Crippen molar-refractivity contribution >= 4 is 17.6 Å². The number of nitrogens with zero attached hydrogens (tertiary/aromatic N) is 2. The van der Waals surface area contributed by atoms with Crippen molar-refractivity contribution in [2.45, 2.75) is 26.2 Å². The lowest BCUT2D eigenvalue weighted by Gasteiger charge is -2.21. The Bertz CT molecular complexity index is 777. The van der Waals surface area contributed by atoms with E-state index in [9.17, 15) is 9.59 Å². The van der Waals surface area contributed by atoms with Crippen molar-refractivity contribution in [1.82, 2.24) is 0 Å². The third kappa shape index (κ3) is 5.18. The van der Waals surface area contributed by atoms with Crippen LogP contribution in [0.25, 0.3) is 0 Å². The van der Waals surface area contributed by atoms with Crippen molar-refractivity contribution < 1.29 is 14.3 Å². The average molecular weight is 350 g/mol. The van der Waals surface area contributed by atoms with E-state index in [1.54, 1.807) is 24.3 Å². The highest BCUT2D eigenvalue weighted by Gasteiger charge is 2.18. The summed E-state index contributed by atoms with van der Waals surface area (Å²) in [6.45, 7) is 4.03. The number of amides is 1. The molecule has 2 aromatic carbocycles. The zero-order valence-electron chi connectivity index (χ0n) is 15.0. The summed E-state index contributed by atoms with van der Waals surface area (Å²) < 4.78 is 5.16. The molecular weight excluding hydrogens is 328 g/mol. The molecule has 0 aliphatic carbocycles. The maximum absolute atomic E-state index is 12.5. The molecule has 2 aromatic rings. The van der Waals surface area contributed by atoms with Crippen molar-refractivity contribution in [3.8, 4) is 6.07 Å². The summed E-state index contributed by atoms with van der Waals surface area (Å²) in [6, 6.07) is 18.2.